The van der Waals surface area contributed by atoms with Crippen molar-refractivity contribution in [2.45, 2.75) is 25.8 Å². The van der Waals surface area contributed by atoms with E-state index >= 15 is 0 Å². The van der Waals surface area contributed by atoms with Crippen molar-refractivity contribution >= 4 is 33.8 Å². The molecular formula is C31H28N2O3. The number of amides is 1. The third kappa shape index (κ3) is 4.73. The lowest BCUT2D eigenvalue weighted by atomic mass is 9.85. The zero-order chi connectivity index (χ0) is 25.3. The Morgan fingerprint density at radius 3 is 2.47 bits per heavy atom. The molecule has 0 atom stereocenters. The van der Waals surface area contributed by atoms with Crippen LogP contribution in [-0.2, 0) is 6.42 Å². The Hall–Kier alpha value is -4.38. The van der Waals surface area contributed by atoms with E-state index in [0.717, 1.165) is 34.2 Å². The lowest BCUT2D eigenvalue weighted by molar-refractivity contribution is 0.102. The Kier molecular flexibility index (Phi) is 6.06. The van der Waals surface area contributed by atoms with Gasteiger partial charge < -0.3 is 15.4 Å². The van der Waals surface area contributed by atoms with Gasteiger partial charge >= 0.3 is 0 Å². The molecular weight excluding hydrogens is 448 g/mol. The molecule has 180 valence electrons. The number of carbonyl (C=O) groups is 2. The molecule has 36 heavy (non-hydrogen) atoms. The first-order valence-electron chi connectivity index (χ1n) is 11.9. The minimum absolute atomic E-state index is 0.115. The van der Waals surface area contributed by atoms with Crippen molar-refractivity contribution in [2.24, 2.45) is 0 Å². The van der Waals surface area contributed by atoms with Gasteiger partial charge in [-0.05, 0) is 79.1 Å². The van der Waals surface area contributed by atoms with Gasteiger partial charge in [0.25, 0.3) is 5.91 Å². The predicted molar refractivity (Wildman–Crippen MR) is 145 cm³/mol. The van der Waals surface area contributed by atoms with Gasteiger partial charge in [-0.15, -0.1) is 0 Å². The van der Waals surface area contributed by atoms with E-state index in [9.17, 15) is 9.59 Å². The third-order valence-electron chi connectivity index (χ3n) is 6.45. The molecule has 0 radical (unpaired) electrons. The average molecular weight is 477 g/mol. The second-order valence-electron chi connectivity index (χ2n) is 9.69. The highest BCUT2D eigenvalue weighted by Crippen LogP contribution is 2.32. The largest absolute Gasteiger partial charge is 0.497 e. The molecule has 1 heterocycles. The van der Waals surface area contributed by atoms with Crippen LogP contribution in [0.15, 0.2) is 91.0 Å². The molecule has 0 saturated carbocycles. The van der Waals surface area contributed by atoms with Gasteiger partial charge in [0.1, 0.15) is 5.75 Å². The molecule has 0 bridgehead atoms. The normalized spacial score (nSPS) is 15.1. The van der Waals surface area contributed by atoms with Gasteiger partial charge in [0.15, 0.2) is 5.78 Å². The molecule has 0 aliphatic carbocycles. The van der Waals surface area contributed by atoms with Crippen LogP contribution in [0, 0.1) is 0 Å². The summed E-state index contributed by atoms with van der Waals surface area (Å²) in [5.74, 6) is 0.447. The van der Waals surface area contributed by atoms with E-state index in [0.29, 0.717) is 16.8 Å². The molecule has 0 fully saturated rings. The fourth-order valence-electron chi connectivity index (χ4n) is 4.71. The second-order valence-corrected chi connectivity index (χ2v) is 9.69. The average Bonchev–Trinajstić information content (AvgIpc) is 2.88. The van der Waals surface area contributed by atoms with Gasteiger partial charge in [-0.2, -0.15) is 0 Å². The summed E-state index contributed by atoms with van der Waals surface area (Å²) in [4.78, 5) is 26.1. The monoisotopic (exact) mass is 476 g/mol. The van der Waals surface area contributed by atoms with Gasteiger partial charge in [-0.3, -0.25) is 9.59 Å². The number of ether oxygens (including phenoxy) is 1. The maximum Gasteiger partial charge on any atom is 0.256 e. The van der Waals surface area contributed by atoms with Crippen molar-refractivity contribution in [2.75, 3.05) is 12.4 Å². The molecule has 0 spiro atoms. The topological polar surface area (TPSA) is 67.4 Å². The van der Waals surface area contributed by atoms with Crippen molar-refractivity contribution in [3.63, 3.8) is 0 Å². The second kappa shape index (κ2) is 9.34. The summed E-state index contributed by atoms with van der Waals surface area (Å²) >= 11 is 0. The van der Waals surface area contributed by atoms with Crippen LogP contribution in [0.2, 0.25) is 0 Å². The molecule has 4 aromatic rings. The van der Waals surface area contributed by atoms with Crippen LogP contribution in [0.1, 0.15) is 45.7 Å². The smallest absolute Gasteiger partial charge is 0.256 e. The van der Waals surface area contributed by atoms with E-state index in [1.807, 2.05) is 54.6 Å². The first-order valence-corrected chi connectivity index (χ1v) is 11.9. The quantitative estimate of drug-likeness (QED) is 0.264. The van der Waals surface area contributed by atoms with E-state index in [-0.39, 0.29) is 17.2 Å². The summed E-state index contributed by atoms with van der Waals surface area (Å²) in [5.41, 5.74) is 4.52. The van der Waals surface area contributed by atoms with Crippen LogP contribution in [0.25, 0.3) is 16.5 Å². The molecule has 0 saturated heterocycles. The standard InChI is InChI=1S/C31H28N2O3/c1-31(2)19-22-13-16-24(36-3)17-27(22)28(33-31)18-29(34)21-11-14-23(15-12-21)32-30(35)26-10-6-8-20-7-4-5-9-25(20)26/h4-18,33H,19H2,1-3H3,(H,32,35). The summed E-state index contributed by atoms with van der Waals surface area (Å²) in [7, 11) is 1.64. The molecule has 0 aromatic heterocycles. The van der Waals surface area contributed by atoms with Crippen LogP contribution in [0.5, 0.6) is 5.75 Å². The van der Waals surface area contributed by atoms with Crippen LogP contribution in [-0.4, -0.2) is 24.3 Å². The number of ketones is 1. The van der Waals surface area contributed by atoms with E-state index < -0.39 is 0 Å². The fraction of sp³-hybridized carbons (Fsp3) is 0.161. The molecule has 4 aromatic carbocycles. The maximum atomic E-state index is 13.2. The fourth-order valence-corrected chi connectivity index (χ4v) is 4.71. The molecule has 2 N–H and O–H groups in total. The summed E-state index contributed by atoms with van der Waals surface area (Å²) in [6, 6.07) is 26.4. The number of carbonyl (C=O) groups excluding carboxylic acids is 2. The van der Waals surface area contributed by atoms with Gasteiger partial charge in [0.05, 0.1) is 7.11 Å². The highest BCUT2D eigenvalue weighted by molar-refractivity contribution is 6.13. The van der Waals surface area contributed by atoms with E-state index in [2.05, 4.69) is 30.5 Å². The third-order valence-corrected chi connectivity index (χ3v) is 6.45. The van der Waals surface area contributed by atoms with E-state index in [4.69, 9.17) is 4.74 Å². The number of benzene rings is 4. The Bertz CT molecular complexity index is 1500. The first kappa shape index (κ1) is 23.4. The summed E-state index contributed by atoms with van der Waals surface area (Å²) in [6.45, 7) is 4.23. The first-order chi connectivity index (χ1) is 17.3. The van der Waals surface area contributed by atoms with Crippen molar-refractivity contribution in [3.8, 4) is 5.75 Å². The lowest BCUT2D eigenvalue weighted by Crippen LogP contribution is -2.43. The highest BCUT2D eigenvalue weighted by Gasteiger charge is 2.28. The van der Waals surface area contributed by atoms with Crippen LogP contribution < -0.4 is 15.4 Å². The Morgan fingerprint density at radius 2 is 1.69 bits per heavy atom. The molecule has 5 nitrogen and oxygen atoms in total. The summed E-state index contributed by atoms with van der Waals surface area (Å²) < 4.78 is 5.40. The number of hydrogen-bond acceptors (Lipinski definition) is 4. The van der Waals surface area contributed by atoms with Gasteiger partial charge in [0.2, 0.25) is 0 Å². The molecule has 1 aliphatic rings. The van der Waals surface area contributed by atoms with Crippen molar-refractivity contribution in [1.29, 1.82) is 0 Å². The molecule has 0 unspecified atom stereocenters. The maximum absolute atomic E-state index is 13.2. The Labute approximate surface area is 210 Å². The van der Waals surface area contributed by atoms with Crippen LogP contribution >= 0.6 is 0 Å². The molecule has 5 heteroatoms. The minimum Gasteiger partial charge on any atom is -0.497 e. The number of allylic oxidation sites excluding steroid dienone is 1. The number of hydrogen-bond donors (Lipinski definition) is 2. The lowest BCUT2D eigenvalue weighted by Gasteiger charge is -2.35. The number of anilines is 1. The minimum atomic E-state index is -0.188. The predicted octanol–water partition coefficient (Wildman–Crippen LogP) is 6.25. The van der Waals surface area contributed by atoms with Crippen LogP contribution in [0.4, 0.5) is 5.69 Å². The van der Waals surface area contributed by atoms with E-state index in [1.165, 1.54) is 5.56 Å². The Morgan fingerprint density at radius 1 is 0.944 bits per heavy atom. The molecule has 1 aliphatic heterocycles. The summed E-state index contributed by atoms with van der Waals surface area (Å²) in [6.07, 6.45) is 2.49. The number of fused-ring (bicyclic) bond motifs is 2. The number of nitrogens with one attached hydrogen (secondary N) is 2. The van der Waals surface area contributed by atoms with Crippen LogP contribution in [0.3, 0.4) is 0 Å². The van der Waals surface area contributed by atoms with Gasteiger partial charge in [-0.25, -0.2) is 0 Å². The SMILES string of the molecule is COc1ccc2c(c1)C(=CC(=O)c1ccc(NC(=O)c3cccc4ccccc34)cc1)NC(C)(C)C2. The zero-order valence-corrected chi connectivity index (χ0v) is 20.6. The number of methoxy groups -OCH3 is 1. The van der Waals surface area contributed by atoms with Gasteiger partial charge in [-0.1, -0.05) is 42.5 Å². The van der Waals surface area contributed by atoms with Crippen molar-refractivity contribution in [1.82, 2.24) is 5.32 Å². The van der Waals surface area contributed by atoms with Gasteiger partial charge in [0, 0.05) is 39.7 Å². The van der Waals surface area contributed by atoms with E-state index in [1.54, 1.807) is 37.5 Å². The molecule has 5 rings (SSSR count). The van der Waals surface area contributed by atoms with Crippen molar-refractivity contribution < 1.29 is 14.3 Å². The zero-order valence-electron chi connectivity index (χ0n) is 20.6. The number of rotatable bonds is 5. The summed E-state index contributed by atoms with van der Waals surface area (Å²) in [5, 5.41) is 8.35. The Balaban J connectivity index is 1.37. The molecule has 1 amide bonds. The van der Waals surface area contributed by atoms with Crippen molar-refractivity contribution in [3.05, 3.63) is 113 Å². The highest BCUT2D eigenvalue weighted by atomic mass is 16.5.